The Labute approximate surface area is 166 Å². The van der Waals surface area contributed by atoms with Crippen molar-refractivity contribution in [1.82, 2.24) is 19.7 Å². The maximum atomic E-state index is 13.4. The van der Waals surface area contributed by atoms with E-state index >= 15 is 0 Å². The first kappa shape index (κ1) is 18.2. The number of benzene rings is 2. The number of thioether (sulfide) groups is 1. The van der Waals surface area contributed by atoms with Crippen LogP contribution < -0.4 is 4.74 Å². The van der Waals surface area contributed by atoms with Crippen molar-refractivity contribution in [3.8, 4) is 22.8 Å². The Kier molecular flexibility index (Phi) is 5.63. The Morgan fingerprint density at radius 1 is 0.893 bits per heavy atom. The van der Waals surface area contributed by atoms with E-state index in [4.69, 9.17) is 4.74 Å². The maximum Gasteiger partial charge on any atom is 0.196 e. The van der Waals surface area contributed by atoms with Gasteiger partial charge in [-0.15, -0.1) is 10.2 Å². The molecule has 5 nitrogen and oxygen atoms in total. The van der Waals surface area contributed by atoms with Crippen molar-refractivity contribution in [2.24, 2.45) is 0 Å². The normalized spacial score (nSPS) is 10.8. The second-order valence-electron chi connectivity index (χ2n) is 5.86. The molecule has 0 saturated heterocycles. The average molecular weight is 392 g/mol. The van der Waals surface area contributed by atoms with Crippen LogP contribution in [-0.4, -0.2) is 32.1 Å². The smallest absolute Gasteiger partial charge is 0.196 e. The van der Waals surface area contributed by atoms with Crippen LogP contribution in [0.15, 0.2) is 84.3 Å². The van der Waals surface area contributed by atoms with Gasteiger partial charge >= 0.3 is 0 Å². The van der Waals surface area contributed by atoms with Crippen molar-refractivity contribution in [2.45, 2.75) is 5.16 Å². The lowest BCUT2D eigenvalue weighted by Gasteiger charge is -2.10. The Balaban J connectivity index is 1.56. The quantitative estimate of drug-likeness (QED) is 0.339. The molecule has 2 heterocycles. The fourth-order valence-corrected chi connectivity index (χ4v) is 3.45. The first-order valence-electron chi connectivity index (χ1n) is 8.74. The summed E-state index contributed by atoms with van der Waals surface area (Å²) in [5.74, 6) is 1.93. The molecule has 4 rings (SSSR count). The van der Waals surface area contributed by atoms with E-state index in [0.29, 0.717) is 18.2 Å². The van der Waals surface area contributed by atoms with Gasteiger partial charge in [0.1, 0.15) is 11.6 Å². The standard InChI is InChI=1S/C21H17FN4OS/c22-17-6-8-18(9-7-17)26-20(16-10-12-23-13-11-16)24-25-21(26)28-15-14-27-19-4-2-1-3-5-19/h1-13H,14-15H2. The second-order valence-corrected chi connectivity index (χ2v) is 6.93. The van der Waals surface area contributed by atoms with Gasteiger partial charge in [0.2, 0.25) is 0 Å². The number of aromatic nitrogens is 4. The zero-order chi connectivity index (χ0) is 19.2. The van der Waals surface area contributed by atoms with E-state index in [2.05, 4.69) is 15.2 Å². The van der Waals surface area contributed by atoms with E-state index in [-0.39, 0.29) is 5.82 Å². The van der Waals surface area contributed by atoms with Gasteiger partial charge in [-0.2, -0.15) is 0 Å². The van der Waals surface area contributed by atoms with E-state index in [1.165, 1.54) is 23.9 Å². The van der Waals surface area contributed by atoms with E-state index in [9.17, 15) is 4.39 Å². The van der Waals surface area contributed by atoms with Gasteiger partial charge in [0.25, 0.3) is 0 Å². The minimum atomic E-state index is -0.284. The van der Waals surface area contributed by atoms with Crippen LogP contribution in [0.1, 0.15) is 0 Å². The highest BCUT2D eigenvalue weighted by Crippen LogP contribution is 2.27. The van der Waals surface area contributed by atoms with Crippen LogP contribution in [0.3, 0.4) is 0 Å². The molecule has 0 unspecified atom stereocenters. The van der Waals surface area contributed by atoms with Crippen molar-refractivity contribution in [3.05, 3.63) is 84.9 Å². The largest absolute Gasteiger partial charge is 0.493 e. The molecule has 0 spiro atoms. The van der Waals surface area contributed by atoms with Gasteiger partial charge < -0.3 is 4.74 Å². The first-order chi connectivity index (χ1) is 13.8. The van der Waals surface area contributed by atoms with Crippen LogP contribution >= 0.6 is 11.8 Å². The van der Waals surface area contributed by atoms with Crippen molar-refractivity contribution in [2.75, 3.05) is 12.4 Å². The Morgan fingerprint density at radius 3 is 2.39 bits per heavy atom. The summed E-state index contributed by atoms with van der Waals surface area (Å²) in [5, 5.41) is 9.41. The highest BCUT2D eigenvalue weighted by atomic mass is 32.2. The molecule has 0 N–H and O–H groups in total. The molecule has 0 radical (unpaired) electrons. The van der Waals surface area contributed by atoms with Gasteiger partial charge in [0.05, 0.1) is 6.61 Å². The summed E-state index contributed by atoms with van der Waals surface area (Å²) in [5.41, 5.74) is 1.68. The lowest BCUT2D eigenvalue weighted by Crippen LogP contribution is -2.03. The number of para-hydroxylation sites is 1. The summed E-state index contributed by atoms with van der Waals surface area (Å²) >= 11 is 1.54. The molecule has 140 valence electrons. The lowest BCUT2D eigenvalue weighted by molar-refractivity contribution is 0.344. The van der Waals surface area contributed by atoms with Gasteiger partial charge in [0.15, 0.2) is 11.0 Å². The number of ether oxygens (including phenoxy) is 1. The molecule has 0 amide bonds. The molecule has 2 aromatic carbocycles. The highest BCUT2D eigenvalue weighted by Gasteiger charge is 2.16. The maximum absolute atomic E-state index is 13.4. The summed E-state index contributed by atoms with van der Waals surface area (Å²) in [7, 11) is 0. The second kappa shape index (κ2) is 8.67. The highest BCUT2D eigenvalue weighted by molar-refractivity contribution is 7.99. The number of rotatable bonds is 7. The van der Waals surface area contributed by atoms with Crippen LogP contribution in [-0.2, 0) is 0 Å². The van der Waals surface area contributed by atoms with Crippen LogP contribution in [0.5, 0.6) is 5.75 Å². The predicted molar refractivity (Wildman–Crippen MR) is 107 cm³/mol. The third-order valence-corrected chi connectivity index (χ3v) is 4.88. The zero-order valence-corrected chi connectivity index (χ0v) is 15.7. The number of halogens is 1. The third kappa shape index (κ3) is 4.20. The minimum absolute atomic E-state index is 0.284. The minimum Gasteiger partial charge on any atom is -0.493 e. The van der Waals surface area contributed by atoms with Crippen LogP contribution in [0.2, 0.25) is 0 Å². The Bertz CT molecular complexity index is 1020. The molecular weight excluding hydrogens is 375 g/mol. The molecule has 0 atom stereocenters. The summed E-state index contributed by atoms with van der Waals surface area (Å²) in [6.45, 7) is 0.537. The molecule has 2 aromatic heterocycles. The summed E-state index contributed by atoms with van der Waals surface area (Å²) in [4.78, 5) is 4.05. The van der Waals surface area contributed by atoms with Crippen LogP contribution in [0.4, 0.5) is 4.39 Å². The van der Waals surface area contributed by atoms with E-state index in [0.717, 1.165) is 22.2 Å². The van der Waals surface area contributed by atoms with Crippen molar-refractivity contribution >= 4 is 11.8 Å². The fourth-order valence-electron chi connectivity index (χ4n) is 2.68. The molecule has 0 fully saturated rings. The molecule has 0 saturated carbocycles. The van der Waals surface area contributed by atoms with Crippen molar-refractivity contribution < 1.29 is 9.13 Å². The van der Waals surface area contributed by atoms with Crippen molar-refractivity contribution in [3.63, 3.8) is 0 Å². The number of hydrogen-bond acceptors (Lipinski definition) is 5. The van der Waals surface area contributed by atoms with Crippen LogP contribution in [0.25, 0.3) is 17.1 Å². The van der Waals surface area contributed by atoms with E-state index < -0.39 is 0 Å². The summed E-state index contributed by atoms with van der Waals surface area (Å²) in [6.07, 6.45) is 3.42. The lowest BCUT2D eigenvalue weighted by atomic mass is 10.2. The molecule has 0 aliphatic rings. The van der Waals surface area contributed by atoms with E-state index in [1.54, 1.807) is 24.5 Å². The topological polar surface area (TPSA) is 52.8 Å². The molecular formula is C21H17FN4OS. The molecule has 0 bridgehead atoms. The molecule has 0 aliphatic carbocycles. The SMILES string of the molecule is Fc1ccc(-n2c(SCCOc3ccccc3)nnc2-c2ccncc2)cc1. The van der Waals surface area contributed by atoms with Gasteiger partial charge in [-0.25, -0.2) is 4.39 Å². The van der Waals surface area contributed by atoms with E-state index in [1.807, 2.05) is 47.0 Å². The van der Waals surface area contributed by atoms with Crippen LogP contribution in [0, 0.1) is 5.82 Å². The summed E-state index contributed by atoms with van der Waals surface area (Å²) in [6, 6.07) is 19.7. The van der Waals surface area contributed by atoms with Crippen molar-refractivity contribution in [1.29, 1.82) is 0 Å². The Morgan fingerprint density at radius 2 is 1.64 bits per heavy atom. The zero-order valence-electron chi connectivity index (χ0n) is 14.9. The van der Waals surface area contributed by atoms with Gasteiger partial charge in [-0.3, -0.25) is 9.55 Å². The third-order valence-electron chi connectivity index (χ3n) is 3.98. The summed E-state index contributed by atoms with van der Waals surface area (Å²) < 4.78 is 21.1. The fraction of sp³-hybridized carbons (Fsp3) is 0.0952. The Hall–Kier alpha value is -3.19. The van der Waals surface area contributed by atoms with Gasteiger partial charge in [-0.1, -0.05) is 30.0 Å². The number of nitrogens with zero attached hydrogens (tertiary/aromatic N) is 4. The molecule has 7 heteroatoms. The number of pyridine rings is 1. The van der Waals surface area contributed by atoms with Gasteiger partial charge in [-0.05, 0) is 48.5 Å². The first-order valence-corrected chi connectivity index (χ1v) is 9.72. The molecule has 4 aromatic rings. The monoisotopic (exact) mass is 392 g/mol. The predicted octanol–water partition coefficient (Wildman–Crippen LogP) is 4.64. The molecule has 28 heavy (non-hydrogen) atoms. The average Bonchev–Trinajstić information content (AvgIpc) is 3.17. The number of hydrogen-bond donors (Lipinski definition) is 0. The van der Waals surface area contributed by atoms with Gasteiger partial charge in [0, 0.05) is 29.4 Å². The molecule has 0 aliphatic heterocycles.